The van der Waals surface area contributed by atoms with Crippen LogP contribution >= 0.6 is 0 Å². The smallest absolute Gasteiger partial charge is 0.323 e. The molecule has 2 rings (SSSR count). The summed E-state index contributed by atoms with van der Waals surface area (Å²) in [5.41, 5.74) is 0. The van der Waals surface area contributed by atoms with Gasteiger partial charge >= 0.3 is 12.0 Å². The van der Waals surface area contributed by atoms with E-state index in [0.29, 0.717) is 13.1 Å². The van der Waals surface area contributed by atoms with Gasteiger partial charge in [-0.2, -0.15) is 0 Å². The Bertz CT molecular complexity index is 368. The number of aliphatic carboxylic acids is 1. The standard InChI is InChI=1S/C14H24N2O4/c1-10-6-7-15(8-12(10)17)14(20)16(9-13(18)19)11-4-2-3-5-11/h10-12,17H,2-9H2,1H3,(H,18,19). The number of hydrogen-bond donors (Lipinski definition) is 2. The molecule has 0 aromatic rings. The van der Waals surface area contributed by atoms with E-state index >= 15 is 0 Å². The highest BCUT2D eigenvalue weighted by atomic mass is 16.4. The highest BCUT2D eigenvalue weighted by molar-refractivity contribution is 5.80. The number of likely N-dealkylation sites (tertiary alicyclic amines) is 1. The van der Waals surface area contributed by atoms with Gasteiger partial charge in [0.15, 0.2) is 0 Å². The Balaban J connectivity index is 2.03. The third-order valence-corrected chi connectivity index (χ3v) is 4.51. The van der Waals surface area contributed by atoms with Gasteiger partial charge in [0.05, 0.1) is 6.10 Å². The van der Waals surface area contributed by atoms with Crippen LogP contribution in [0.5, 0.6) is 0 Å². The second-order valence-electron chi connectivity index (χ2n) is 6.02. The summed E-state index contributed by atoms with van der Waals surface area (Å²) in [6.45, 7) is 2.63. The van der Waals surface area contributed by atoms with Crippen LogP contribution in [-0.2, 0) is 4.79 Å². The first kappa shape index (κ1) is 15.1. The quantitative estimate of drug-likeness (QED) is 0.814. The number of β-amino-alcohol motifs (C(OH)–C–C–N with tert-alkyl or cyclic N) is 1. The molecule has 2 fully saturated rings. The molecular formula is C14H24N2O4. The van der Waals surface area contributed by atoms with Crippen molar-refractivity contribution in [2.75, 3.05) is 19.6 Å². The first-order valence-corrected chi connectivity index (χ1v) is 7.44. The fourth-order valence-corrected chi connectivity index (χ4v) is 3.12. The molecule has 2 amide bonds. The lowest BCUT2D eigenvalue weighted by molar-refractivity contribution is -0.138. The molecule has 0 radical (unpaired) electrons. The fourth-order valence-electron chi connectivity index (χ4n) is 3.12. The van der Waals surface area contributed by atoms with Crippen molar-refractivity contribution in [2.24, 2.45) is 5.92 Å². The number of carbonyl (C=O) groups is 2. The molecule has 1 aliphatic heterocycles. The Hall–Kier alpha value is -1.30. The van der Waals surface area contributed by atoms with Gasteiger partial charge in [0.25, 0.3) is 0 Å². The highest BCUT2D eigenvalue weighted by Crippen LogP contribution is 2.26. The summed E-state index contributed by atoms with van der Waals surface area (Å²) in [6.07, 6.45) is 4.11. The van der Waals surface area contributed by atoms with Gasteiger partial charge in [-0.15, -0.1) is 0 Å². The van der Waals surface area contributed by atoms with E-state index in [9.17, 15) is 14.7 Å². The Morgan fingerprint density at radius 2 is 1.90 bits per heavy atom. The summed E-state index contributed by atoms with van der Waals surface area (Å²) in [6, 6.07) is -0.194. The predicted molar refractivity (Wildman–Crippen MR) is 73.4 cm³/mol. The SMILES string of the molecule is CC1CCN(C(=O)N(CC(=O)O)C2CCCC2)CC1O. The number of piperidine rings is 1. The zero-order valence-corrected chi connectivity index (χ0v) is 12.0. The average molecular weight is 284 g/mol. The molecule has 2 N–H and O–H groups in total. The van der Waals surface area contributed by atoms with Crippen LogP contribution in [0.15, 0.2) is 0 Å². The van der Waals surface area contributed by atoms with Gasteiger partial charge in [-0.25, -0.2) is 4.79 Å². The number of hydrogen-bond acceptors (Lipinski definition) is 3. The van der Waals surface area contributed by atoms with Crippen molar-refractivity contribution >= 4 is 12.0 Å². The summed E-state index contributed by atoms with van der Waals surface area (Å²) >= 11 is 0. The molecular weight excluding hydrogens is 260 g/mol. The maximum atomic E-state index is 12.6. The lowest BCUT2D eigenvalue weighted by atomic mass is 9.96. The van der Waals surface area contributed by atoms with E-state index in [1.807, 2.05) is 6.92 Å². The van der Waals surface area contributed by atoms with Gasteiger partial charge < -0.3 is 20.0 Å². The number of aliphatic hydroxyl groups excluding tert-OH is 1. The number of aliphatic hydroxyl groups is 1. The number of amides is 2. The topological polar surface area (TPSA) is 81.1 Å². The number of urea groups is 1. The van der Waals surface area contributed by atoms with Crippen LogP contribution in [-0.4, -0.2) is 63.8 Å². The monoisotopic (exact) mass is 284 g/mol. The van der Waals surface area contributed by atoms with E-state index in [0.717, 1.165) is 32.1 Å². The lowest BCUT2D eigenvalue weighted by Gasteiger charge is -2.38. The minimum atomic E-state index is -0.976. The van der Waals surface area contributed by atoms with Crippen molar-refractivity contribution in [1.29, 1.82) is 0 Å². The molecule has 114 valence electrons. The van der Waals surface area contributed by atoms with E-state index < -0.39 is 12.1 Å². The second-order valence-corrected chi connectivity index (χ2v) is 6.02. The third-order valence-electron chi connectivity index (χ3n) is 4.51. The van der Waals surface area contributed by atoms with Crippen molar-refractivity contribution in [3.63, 3.8) is 0 Å². The van der Waals surface area contributed by atoms with Crippen LogP contribution < -0.4 is 0 Å². The van der Waals surface area contributed by atoms with E-state index in [1.165, 1.54) is 4.90 Å². The molecule has 2 unspecified atom stereocenters. The highest BCUT2D eigenvalue weighted by Gasteiger charge is 2.34. The van der Waals surface area contributed by atoms with Gasteiger partial charge in [-0.05, 0) is 25.2 Å². The number of carboxylic acids is 1. The van der Waals surface area contributed by atoms with Crippen LogP contribution in [0, 0.1) is 5.92 Å². The van der Waals surface area contributed by atoms with Gasteiger partial charge in [0.1, 0.15) is 6.54 Å². The average Bonchev–Trinajstić information content (AvgIpc) is 2.92. The third kappa shape index (κ3) is 3.42. The van der Waals surface area contributed by atoms with Gasteiger partial charge in [0.2, 0.25) is 0 Å². The summed E-state index contributed by atoms with van der Waals surface area (Å²) in [7, 11) is 0. The molecule has 6 nitrogen and oxygen atoms in total. The number of carbonyl (C=O) groups excluding carboxylic acids is 1. The van der Waals surface area contributed by atoms with E-state index in [4.69, 9.17) is 5.11 Å². The molecule has 2 atom stereocenters. The summed E-state index contributed by atoms with van der Waals surface area (Å²) in [5, 5.41) is 18.9. The molecule has 0 aromatic heterocycles. The van der Waals surface area contributed by atoms with Crippen molar-refractivity contribution in [1.82, 2.24) is 9.80 Å². The van der Waals surface area contributed by atoms with Crippen molar-refractivity contribution < 1.29 is 19.8 Å². The minimum Gasteiger partial charge on any atom is -0.480 e. The minimum absolute atomic E-state index is 0.0371. The van der Waals surface area contributed by atoms with Crippen LogP contribution in [0.4, 0.5) is 4.79 Å². The van der Waals surface area contributed by atoms with Crippen LogP contribution in [0.1, 0.15) is 39.0 Å². The first-order valence-electron chi connectivity index (χ1n) is 7.44. The molecule has 20 heavy (non-hydrogen) atoms. The molecule has 0 spiro atoms. The molecule has 6 heteroatoms. The molecule has 2 aliphatic rings. The lowest BCUT2D eigenvalue weighted by Crippen LogP contribution is -2.54. The Labute approximate surface area is 119 Å². The number of nitrogens with zero attached hydrogens (tertiary/aromatic N) is 2. The molecule has 0 bridgehead atoms. The maximum Gasteiger partial charge on any atom is 0.323 e. The van der Waals surface area contributed by atoms with Crippen molar-refractivity contribution in [3.8, 4) is 0 Å². The normalized spacial score (nSPS) is 27.6. The molecule has 0 aromatic carbocycles. The fraction of sp³-hybridized carbons (Fsp3) is 0.857. The molecule has 1 heterocycles. The van der Waals surface area contributed by atoms with Gasteiger partial charge in [-0.3, -0.25) is 4.79 Å². The predicted octanol–water partition coefficient (Wildman–Crippen LogP) is 1.14. The zero-order chi connectivity index (χ0) is 14.7. The van der Waals surface area contributed by atoms with Crippen LogP contribution in [0.2, 0.25) is 0 Å². The number of carboxylic acid groups (broad SMARTS) is 1. The van der Waals surface area contributed by atoms with E-state index in [-0.39, 0.29) is 24.5 Å². The Morgan fingerprint density at radius 1 is 1.25 bits per heavy atom. The maximum absolute atomic E-state index is 12.6. The van der Waals surface area contributed by atoms with Crippen LogP contribution in [0.25, 0.3) is 0 Å². The largest absolute Gasteiger partial charge is 0.480 e. The Morgan fingerprint density at radius 3 is 2.45 bits per heavy atom. The van der Waals surface area contributed by atoms with Crippen molar-refractivity contribution in [3.05, 3.63) is 0 Å². The van der Waals surface area contributed by atoms with Gasteiger partial charge in [0, 0.05) is 19.1 Å². The summed E-state index contributed by atoms with van der Waals surface area (Å²) < 4.78 is 0. The zero-order valence-electron chi connectivity index (χ0n) is 12.0. The van der Waals surface area contributed by atoms with E-state index in [1.54, 1.807) is 4.90 Å². The summed E-state index contributed by atoms with van der Waals surface area (Å²) in [4.78, 5) is 26.6. The Kier molecular flexibility index (Phi) is 4.86. The molecule has 1 saturated carbocycles. The number of rotatable bonds is 3. The first-order chi connectivity index (χ1) is 9.49. The van der Waals surface area contributed by atoms with Crippen LogP contribution in [0.3, 0.4) is 0 Å². The van der Waals surface area contributed by atoms with Crippen molar-refractivity contribution in [2.45, 2.75) is 51.2 Å². The molecule has 1 aliphatic carbocycles. The second kappa shape index (κ2) is 6.43. The van der Waals surface area contributed by atoms with Gasteiger partial charge in [-0.1, -0.05) is 19.8 Å². The molecule has 1 saturated heterocycles. The summed E-state index contributed by atoms with van der Waals surface area (Å²) in [5.74, 6) is -0.783. The van der Waals surface area contributed by atoms with E-state index in [2.05, 4.69) is 0 Å².